The average molecular weight is 289 g/mol. The van der Waals surface area contributed by atoms with Crippen LogP contribution in [-0.2, 0) is 0 Å². The lowest BCUT2D eigenvalue weighted by Crippen LogP contribution is -2.11. The summed E-state index contributed by atoms with van der Waals surface area (Å²) in [4.78, 5) is 2.14. The summed E-state index contributed by atoms with van der Waals surface area (Å²) in [5.41, 5.74) is 10.9. The number of nitrogens with two attached hydrogens (primary N) is 1. The van der Waals surface area contributed by atoms with E-state index in [2.05, 4.69) is 41.5 Å². The van der Waals surface area contributed by atoms with Crippen molar-refractivity contribution in [3.8, 4) is 0 Å². The highest BCUT2D eigenvalue weighted by atomic mass is 15.1. The number of anilines is 5. The van der Waals surface area contributed by atoms with Gasteiger partial charge in [-0.05, 0) is 48.5 Å². The topological polar surface area (TPSA) is 41.3 Å². The maximum atomic E-state index is 5.77. The SMILES string of the molecule is CN(c1ccc(N)cc1)c1ccccc1Nc1ccccc1. The summed E-state index contributed by atoms with van der Waals surface area (Å²) in [6.45, 7) is 0. The van der Waals surface area contributed by atoms with Gasteiger partial charge in [0.15, 0.2) is 0 Å². The molecule has 0 amide bonds. The summed E-state index contributed by atoms with van der Waals surface area (Å²) in [6.07, 6.45) is 0. The maximum Gasteiger partial charge on any atom is 0.0647 e. The minimum atomic E-state index is 0.771. The fraction of sp³-hybridized carbons (Fsp3) is 0.0526. The van der Waals surface area contributed by atoms with Gasteiger partial charge in [-0.2, -0.15) is 0 Å². The van der Waals surface area contributed by atoms with Gasteiger partial charge in [-0.1, -0.05) is 30.3 Å². The van der Waals surface area contributed by atoms with Crippen molar-refractivity contribution in [2.24, 2.45) is 0 Å². The first-order valence-corrected chi connectivity index (χ1v) is 7.24. The van der Waals surface area contributed by atoms with Crippen molar-refractivity contribution in [2.75, 3.05) is 23.0 Å². The van der Waals surface area contributed by atoms with Crippen LogP contribution < -0.4 is 16.0 Å². The van der Waals surface area contributed by atoms with Gasteiger partial charge in [0.2, 0.25) is 0 Å². The molecule has 0 unspecified atom stereocenters. The van der Waals surface area contributed by atoms with Crippen molar-refractivity contribution in [3.63, 3.8) is 0 Å². The van der Waals surface area contributed by atoms with Gasteiger partial charge >= 0.3 is 0 Å². The number of hydrogen-bond donors (Lipinski definition) is 2. The van der Waals surface area contributed by atoms with Crippen molar-refractivity contribution >= 4 is 28.4 Å². The van der Waals surface area contributed by atoms with Crippen LogP contribution in [0.2, 0.25) is 0 Å². The molecule has 3 N–H and O–H groups in total. The summed E-state index contributed by atoms with van der Waals surface area (Å²) >= 11 is 0. The Balaban J connectivity index is 1.92. The molecule has 0 atom stereocenters. The monoisotopic (exact) mass is 289 g/mol. The Morgan fingerprint density at radius 2 is 1.41 bits per heavy atom. The largest absolute Gasteiger partial charge is 0.399 e. The summed E-state index contributed by atoms with van der Waals surface area (Å²) in [5, 5.41) is 3.47. The standard InChI is InChI=1S/C19H19N3/c1-22(17-13-11-15(20)12-14-17)19-10-6-5-9-18(19)21-16-7-3-2-4-8-16/h2-14,21H,20H2,1H3. The highest BCUT2D eigenvalue weighted by Gasteiger charge is 2.09. The van der Waals surface area contributed by atoms with Crippen LogP contribution in [0.1, 0.15) is 0 Å². The third-order valence-electron chi connectivity index (χ3n) is 3.60. The Hall–Kier alpha value is -2.94. The number of nitrogens with one attached hydrogen (secondary N) is 1. The minimum absolute atomic E-state index is 0.771. The average Bonchev–Trinajstić information content (AvgIpc) is 2.56. The van der Waals surface area contributed by atoms with Crippen LogP contribution in [0, 0.1) is 0 Å². The molecule has 0 radical (unpaired) electrons. The molecule has 22 heavy (non-hydrogen) atoms. The number of benzene rings is 3. The molecular weight excluding hydrogens is 270 g/mol. The molecule has 0 saturated carbocycles. The predicted octanol–water partition coefficient (Wildman–Crippen LogP) is 4.78. The molecule has 3 heteroatoms. The molecular formula is C19H19N3. The highest BCUT2D eigenvalue weighted by molar-refractivity contribution is 5.79. The fourth-order valence-corrected chi connectivity index (χ4v) is 2.39. The summed E-state index contributed by atoms with van der Waals surface area (Å²) in [6, 6.07) is 26.3. The lowest BCUT2D eigenvalue weighted by Gasteiger charge is -2.23. The van der Waals surface area contributed by atoms with E-state index in [1.54, 1.807) is 0 Å². The van der Waals surface area contributed by atoms with Crippen LogP contribution in [-0.4, -0.2) is 7.05 Å². The molecule has 0 spiro atoms. The van der Waals surface area contributed by atoms with E-state index >= 15 is 0 Å². The second kappa shape index (κ2) is 6.22. The number of para-hydroxylation sites is 3. The second-order valence-corrected chi connectivity index (χ2v) is 5.16. The molecule has 3 nitrogen and oxygen atoms in total. The molecule has 0 bridgehead atoms. The van der Waals surface area contributed by atoms with Crippen molar-refractivity contribution in [1.82, 2.24) is 0 Å². The number of nitrogens with zero attached hydrogens (tertiary/aromatic N) is 1. The molecule has 0 aromatic heterocycles. The first kappa shape index (κ1) is 14.0. The van der Waals surface area contributed by atoms with E-state index < -0.39 is 0 Å². The molecule has 0 heterocycles. The Morgan fingerprint density at radius 1 is 0.773 bits per heavy atom. The third kappa shape index (κ3) is 3.04. The van der Waals surface area contributed by atoms with Crippen LogP contribution in [0.3, 0.4) is 0 Å². The van der Waals surface area contributed by atoms with Gasteiger partial charge in [-0.3, -0.25) is 0 Å². The van der Waals surface area contributed by atoms with E-state index in [1.165, 1.54) is 0 Å². The lowest BCUT2D eigenvalue weighted by atomic mass is 10.2. The Morgan fingerprint density at radius 3 is 2.14 bits per heavy atom. The smallest absolute Gasteiger partial charge is 0.0647 e. The van der Waals surface area contributed by atoms with Crippen molar-refractivity contribution in [1.29, 1.82) is 0 Å². The third-order valence-corrected chi connectivity index (χ3v) is 3.60. The van der Waals surface area contributed by atoms with E-state index in [0.717, 1.165) is 28.4 Å². The van der Waals surface area contributed by atoms with Gasteiger partial charge in [0, 0.05) is 24.1 Å². The van der Waals surface area contributed by atoms with Gasteiger partial charge < -0.3 is 16.0 Å². The molecule has 3 aromatic carbocycles. The zero-order valence-electron chi connectivity index (χ0n) is 12.5. The molecule has 0 fully saturated rings. The molecule has 110 valence electrons. The predicted molar refractivity (Wildman–Crippen MR) is 95.1 cm³/mol. The van der Waals surface area contributed by atoms with Crippen LogP contribution in [0.5, 0.6) is 0 Å². The summed E-state index contributed by atoms with van der Waals surface area (Å²) < 4.78 is 0. The first-order valence-electron chi connectivity index (χ1n) is 7.24. The molecule has 3 rings (SSSR count). The van der Waals surface area contributed by atoms with Crippen LogP contribution >= 0.6 is 0 Å². The molecule has 3 aromatic rings. The Bertz CT molecular complexity index is 736. The lowest BCUT2D eigenvalue weighted by molar-refractivity contribution is 1.21. The molecule has 0 aliphatic rings. The van der Waals surface area contributed by atoms with Crippen LogP contribution in [0.15, 0.2) is 78.9 Å². The van der Waals surface area contributed by atoms with E-state index in [4.69, 9.17) is 5.73 Å². The van der Waals surface area contributed by atoms with E-state index in [1.807, 2.05) is 54.6 Å². The van der Waals surface area contributed by atoms with Crippen molar-refractivity contribution < 1.29 is 0 Å². The fourth-order valence-electron chi connectivity index (χ4n) is 2.39. The van der Waals surface area contributed by atoms with Crippen LogP contribution in [0.4, 0.5) is 28.4 Å². The molecule has 0 saturated heterocycles. The summed E-state index contributed by atoms with van der Waals surface area (Å²) in [5.74, 6) is 0. The van der Waals surface area contributed by atoms with Gasteiger partial charge in [0.1, 0.15) is 0 Å². The van der Waals surface area contributed by atoms with E-state index in [-0.39, 0.29) is 0 Å². The van der Waals surface area contributed by atoms with Crippen molar-refractivity contribution in [2.45, 2.75) is 0 Å². The molecule has 0 aliphatic carbocycles. The second-order valence-electron chi connectivity index (χ2n) is 5.16. The number of hydrogen-bond acceptors (Lipinski definition) is 3. The zero-order chi connectivity index (χ0) is 15.4. The highest BCUT2D eigenvalue weighted by Crippen LogP contribution is 2.32. The summed E-state index contributed by atoms with van der Waals surface area (Å²) in [7, 11) is 2.05. The normalized spacial score (nSPS) is 10.2. The minimum Gasteiger partial charge on any atom is -0.399 e. The maximum absolute atomic E-state index is 5.77. The number of nitrogen functional groups attached to an aromatic ring is 1. The number of rotatable bonds is 4. The Labute approximate surface area is 131 Å². The zero-order valence-corrected chi connectivity index (χ0v) is 12.5. The quantitative estimate of drug-likeness (QED) is 0.679. The first-order chi connectivity index (χ1) is 10.7. The van der Waals surface area contributed by atoms with E-state index in [9.17, 15) is 0 Å². The van der Waals surface area contributed by atoms with Gasteiger partial charge in [-0.25, -0.2) is 0 Å². The molecule has 0 aliphatic heterocycles. The van der Waals surface area contributed by atoms with Crippen molar-refractivity contribution in [3.05, 3.63) is 78.9 Å². The van der Waals surface area contributed by atoms with E-state index in [0.29, 0.717) is 0 Å². The Kier molecular flexibility index (Phi) is 3.97. The van der Waals surface area contributed by atoms with Crippen LogP contribution in [0.25, 0.3) is 0 Å². The van der Waals surface area contributed by atoms with Gasteiger partial charge in [0.25, 0.3) is 0 Å². The van der Waals surface area contributed by atoms with Gasteiger partial charge in [0.05, 0.1) is 11.4 Å². The van der Waals surface area contributed by atoms with Gasteiger partial charge in [-0.15, -0.1) is 0 Å².